The van der Waals surface area contributed by atoms with E-state index in [-0.39, 0.29) is 11.8 Å². The van der Waals surface area contributed by atoms with Crippen LogP contribution >= 0.6 is 11.3 Å². The normalized spacial score (nSPS) is 18.9. The average Bonchev–Trinajstić information content (AvgIpc) is 3.27. The maximum atomic E-state index is 12.5. The summed E-state index contributed by atoms with van der Waals surface area (Å²) in [6.07, 6.45) is 0.749. The van der Waals surface area contributed by atoms with Crippen LogP contribution in [0, 0.1) is 6.92 Å². The molecule has 122 valence electrons. The Labute approximate surface area is 137 Å². The van der Waals surface area contributed by atoms with Crippen LogP contribution in [-0.4, -0.2) is 39.5 Å². The van der Waals surface area contributed by atoms with Crippen LogP contribution in [0.1, 0.15) is 47.3 Å². The Morgan fingerprint density at radius 3 is 3.00 bits per heavy atom. The molecule has 3 rings (SSSR count). The zero-order valence-electron chi connectivity index (χ0n) is 12.9. The fourth-order valence-corrected chi connectivity index (χ4v) is 3.26. The lowest BCUT2D eigenvalue weighted by atomic mass is 10.2. The number of hydrogen-bond acceptors (Lipinski definition) is 7. The Kier molecular flexibility index (Phi) is 4.42. The molecular formula is C15H17N3O4S. The van der Waals surface area contributed by atoms with Gasteiger partial charge in [0.2, 0.25) is 0 Å². The molecule has 0 saturated carbocycles. The monoisotopic (exact) mass is 335 g/mol. The highest BCUT2D eigenvalue weighted by Gasteiger charge is 2.37. The highest BCUT2D eigenvalue weighted by atomic mass is 32.1. The number of likely N-dealkylation sites (tertiary alicyclic amines) is 1. The van der Waals surface area contributed by atoms with E-state index in [1.165, 1.54) is 11.3 Å². The van der Waals surface area contributed by atoms with Crippen molar-refractivity contribution in [1.29, 1.82) is 0 Å². The van der Waals surface area contributed by atoms with Gasteiger partial charge in [0.05, 0.1) is 4.88 Å². The summed E-state index contributed by atoms with van der Waals surface area (Å²) in [5.74, 6) is 0.180. The predicted molar refractivity (Wildman–Crippen MR) is 81.9 cm³/mol. The van der Waals surface area contributed by atoms with E-state index in [1.807, 2.05) is 11.4 Å². The van der Waals surface area contributed by atoms with E-state index in [0.29, 0.717) is 23.7 Å². The topological polar surface area (TPSA) is 85.5 Å². The average molecular weight is 335 g/mol. The maximum Gasteiger partial charge on any atom is 0.329 e. The molecule has 2 atom stereocenters. The number of thiophene rings is 1. The molecule has 0 N–H and O–H groups in total. The molecule has 0 unspecified atom stereocenters. The predicted octanol–water partition coefficient (Wildman–Crippen LogP) is 2.35. The first-order valence-electron chi connectivity index (χ1n) is 7.41. The van der Waals surface area contributed by atoms with Gasteiger partial charge in [0.15, 0.2) is 11.9 Å². The standard InChI is InChI=1S/C15H17N3O4S/c1-9(13-16-10(2)17-22-13)21-15(20)11-5-3-7-18(11)14(19)12-6-4-8-23-12/h4,6,8-9,11H,3,5,7H2,1-2H3/t9-,11+/m0/s1. The third-order valence-corrected chi connectivity index (χ3v) is 4.56. The lowest BCUT2D eigenvalue weighted by Crippen LogP contribution is -2.41. The second-order valence-corrected chi connectivity index (χ2v) is 6.34. The third-order valence-electron chi connectivity index (χ3n) is 3.70. The van der Waals surface area contributed by atoms with Crippen molar-refractivity contribution in [3.05, 3.63) is 34.1 Å². The van der Waals surface area contributed by atoms with Gasteiger partial charge in [0.1, 0.15) is 6.04 Å². The maximum absolute atomic E-state index is 12.5. The van der Waals surface area contributed by atoms with Crippen molar-refractivity contribution in [2.75, 3.05) is 6.54 Å². The lowest BCUT2D eigenvalue weighted by Gasteiger charge is -2.23. The molecule has 3 heterocycles. The first kappa shape index (κ1) is 15.7. The van der Waals surface area contributed by atoms with Gasteiger partial charge in [-0.3, -0.25) is 4.79 Å². The van der Waals surface area contributed by atoms with Crippen molar-refractivity contribution in [3.8, 4) is 0 Å². The van der Waals surface area contributed by atoms with E-state index < -0.39 is 18.1 Å². The van der Waals surface area contributed by atoms with Crippen LogP contribution in [0.5, 0.6) is 0 Å². The smallest absolute Gasteiger partial charge is 0.329 e. The lowest BCUT2D eigenvalue weighted by molar-refractivity contribution is -0.154. The molecule has 0 spiro atoms. The molecule has 0 radical (unpaired) electrons. The van der Waals surface area contributed by atoms with Crippen LogP contribution < -0.4 is 0 Å². The molecule has 0 bridgehead atoms. The van der Waals surface area contributed by atoms with E-state index in [0.717, 1.165) is 6.42 Å². The Morgan fingerprint density at radius 1 is 1.52 bits per heavy atom. The van der Waals surface area contributed by atoms with Gasteiger partial charge >= 0.3 is 5.97 Å². The summed E-state index contributed by atoms with van der Waals surface area (Å²) < 4.78 is 10.4. The van der Waals surface area contributed by atoms with Gasteiger partial charge in [0, 0.05) is 6.54 Å². The van der Waals surface area contributed by atoms with Crippen molar-refractivity contribution in [1.82, 2.24) is 15.0 Å². The molecule has 1 fully saturated rings. The van der Waals surface area contributed by atoms with Gasteiger partial charge in [-0.25, -0.2) is 4.79 Å². The van der Waals surface area contributed by atoms with E-state index in [2.05, 4.69) is 10.1 Å². The van der Waals surface area contributed by atoms with Crippen LogP contribution in [0.15, 0.2) is 22.0 Å². The largest absolute Gasteiger partial charge is 0.451 e. The summed E-state index contributed by atoms with van der Waals surface area (Å²) >= 11 is 1.37. The van der Waals surface area contributed by atoms with Gasteiger partial charge in [-0.1, -0.05) is 11.2 Å². The number of esters is 1. The minimum atomic E-state index is -0.636. The van der Waals surface area contributed by atoms with E-state index in [4.69, 9.17) is 9.26 Å². The minimum Gasteiger partial charge on any atom is -0.451 e. The number of amides is 1. The number of hydrogen-bond donors (Lipinski definition) is 0. The molecule has 7 nitrogen and oxygen atoms in total. The number of nitrogens with zero attached hydrogens (tertiary/aromatic N) is 3. The first-order chi connectivity index (χ1) is 11.1. The van der Waals surface area contributed by atoms with Crippen LogP contribution in [-0.2, 0) is 9.53 Å². The van der Waals surface area contributed by atoms with Gasteiger partial charge in [-0.2, -0.15) is 4.98 Å². The van der Waals surface area contributed by atoms with Crippen molar-refractivity contribution in [3.63, 3.8) is 0 Å². The summed E-state index contributed by atoms with van der Waals surface area (Å²) in [6.45, 7) is 3.93. The van der Waals surface area contributed by atoms with Gasteiger partial charge in [0.25, 0.3) is 11.8 Å². The minimum absolute atomic E-state index is 0.124. The van der Waals surface area contributed by atoms with E-state index in [9.17, 15) is 9.59 Å². The summed E-state index contributed by atoms with van der Waals surface area (Å²) in [7, 11) is 0. The molecule has 1 saturated heterocycles. The van der Waals surface area contributed by atoms with E-state index >= 15 is 0 Å². The van der Waals surface area contributed by atoms with Crippen LogP contribution in [0.25, 0.3) is 0 Å². The van der Waals surface area contributed by atoms with E-state index in [1.54, 1.807) is 24.8 Å². The van der Waals surface area contributed by atoms with Crippen LogP contribution in [0.2, 0.25) is 0 Å². The van der Waals surface area contributed by atoms with Crippen LogP contribution in [0.4, 0.5) is 0 Å². The van der Waals surface area contributed by atoms with Crippen molar-refractivity contribution >= 4 is 23.2 Å². The second-order valence-electron chi connectivity index (χ2n) is 5.39. The SMILES string of the molecule is Cc1noc([C@H](C)OC(=O)[C@H]2CCCN2C(=O)c2cccs2)n1. The van der Waals surface area contributed by atoms with Crippen molar-refractivity contribution in [2.24, 2.45) is 0 Å². The fraction of sp³-hybridized carbons (Fsp3) is 0.467. The number of ether oxygens (including phenoxy) is 1. The Bertz CT molecular complexity index is 697. The second kappa shape index (κ2) is 6.49. The summed E-state index contributed by atoms with van der Waals surface area (Å²) in [5.41, 5.74) is 0. The Morgan fingerprint density at radius 2 is 2.35 bits per heavy atom. The number of aryl methyl sites for hydroxylation is 1. The van der Waals surface area contributed by atoms with Crippen LogP contribution in [0.3, 0.4) is 0 Å². The molecule has 1 aliphatic heterocycles. The highest BCUT2D eigenvalue weighted by molar-refractivity contribution is 7.12. The van der Waals surface area contributed by atoms with Crippen molar-refractivity contribution in [2.45, 2.75) is 38.8 Å². The zero-order chi connectivity index (χ0) is 16.4. The van der Waals surface area contributed by atoms with Crippen molar-refractivity contribution < 1.29 is 18.8 Å². The molecule has 2 aromatic rings. The number of rotatable bonds is 4. The Hall–Kier alpha value is -2.22. The molecule has 0 aromatic carbocycles. The van der Waals surface area contributed by atoms with Gasteiger partial charge in [-0.05, 0) is 38.1 Å². The number of aromatic nitrogens is 2. The molecular weight excluding hydrogens is 318 g/mol. The molecule has 23 heavy (non-hydrogen) atoms. The molecule has 0 aliphatic carbocycles. The Balaban J connectivity index is 1.67. The summed E-state index contributed by atoms with van der Waals surface area (Å²) in [4.78, 5) is 31.2. The first-order valence-corrected chi connectivity index (χ1v) is 8.29. The fourth-order valence-electron chi connectivity index (χ4n) is 2.58. The zero-order valence-corrected chi connectivity index (χ0v) is 13.7. The highest BCUT2D eigenvalue weighted by Crippen LogP contribution is 2.25. The molecule has 8 heteroatoms. The molecule has 2 aromatic heterocycles. The summed E-state index contributed by atoms with van der Waals surface area (Å²) in [5, 5.41) is 5.52. The van der Waals surface area contributed by atoms with Gasteiger partial charge in [-0.15, -0.1) is 11.3 Å². The molecule has 1 amide bonds. The molecule has 1 aliphatic rings. The van der Waals surface area contributed by atoms with Gasteiger partial charge < -0.3 is 14.2 Å². The number of carbonyl (C=O) groups excluding carboxylic acids is 2. The quantitative estimate of drug-likeness (QED) is 0.797. The number of carbonyl (C=O) groups is 2. The summed E-state index contributed by atoms with van der Waals surface area (Å²) in [6, 6.07) is 3.02. The third kappa shape index (κ3) is 3.26.